The second kappa shape index (κ2) is 11.0. The fourth-order valence-corrected chi connectivity index (χ4v) is 4.65. The summed E-state index contributed by atoms with van der Waals surface area (Å²) >= 11 is 6.07. The molecule has 0 aromatic heterocycles. The van der Waals surface area contributed by atoms with Crippen LogP contribution >= 0.6 is 11.6 Å². The number of sulfonamides is 1. The lowest BCUT2D eigenvalue weighted by molar-refractivity contribution is -0.126. The topological polar surface area (TPSA) is 114 Å². The highest BCUT2D eigenvalue weighted by atomic mass is 35.5. The van der Waals surface area contributed by atoms with Crippen molar-refractivity contribution in [1.29, 1.82) is 0 Å². The van der Waals surface area contributed by atoms with Gasteiger partial charge in [-0.1, -0.05) is 23.7 Å². The van der Waals surface area contributed by atoms with Gasteiger partial charge in [-0.25, -0.2) is 13.1 Å². The first kappa shape index (κ1) is 25.0. The summed E-state index contributed by atoms with van der Waals surface area (Å²) < 4.78 is 37.0. The first-order chi connectivity index (χ1) is 15.7. The van der Waals surface area contributed by atoms with Crippen molar-refractivity contribution in [2.75, 3.05) is 38.8 Å². The van der Waals surface area contributed by atoms with E-state index in [1.807, 2.05) is 0 Å². The molecule has 1 atom stereocenters. The fourth-order valence-electron chi connectivity index (χ4n) is 3.47. The van der Waals surface area contributed by atoms with Gasteiger partial charge in [0, 0.05) is 38.2 Å². The van der Waals surface area contributed by atoms with Crippen LogP contribution in [0.25, 0.3) is 0 Å². The number of hydrogen-bond acceptors (Lipinski definition) is 6. The number of benzene rings is 2. The Balaban J connectivity index is 1.58. The third-order valence-corrected chi connectivity index (χ3v) is 6.94. The highest BCUT2D eigenvalue weighted by molar-refractivity contribution is 7.89. The molecule has 0 saturated carbocycles. The molecule has 9 nitrogen and oxygen atoms in total. The average Bonchev–Trinajstić information content (AvgIpc) is 3.19. The number of hydrogen-bond donors (Lipinski definition) is 2. The third kappa shape index (κ3) is 6.23. The van der Waals surface area contributed by atoms with E-state index in [0.717, 1.165) is 5.56 Å². The maximum Gasteiger partial charge on any atom is 0.240 e. The molecule has 2 aromatic rings. The number of methoxy groups -OCH3 is 2. The zero-order chi connectivity index (χ0) is 24.0. The SMILES string of the molecule is COCCNS(=O)(=O)c1ccc(CNC(=O)C2CC(=O)N(c3cc(Cl)ccc3OC)C2)cc1. The molecule has 1 unspecified atom stereocenters. The first-order valence-corrected chi connectivity index (χ1v) is 12.1. The zero-order valence-corrected chi connectivity index (χ0v) is 19.9. The van der Waals surface area contributed by atoms with E-state index in [0.29, 0.717) is 16.5 Å². The van der Waals surface area contributed by atoms with E-state index in [4.69, 9.17) is 21.1 Å². The van der Waals surface area contributed by atoms with Crippen LogP contribution in [-0.2, 0) is 30.9 Å². The van der Waals surface area contributed by atoms with Crippen molar-refractivity contribution in [1.82, 2.24) is 10.0 Å². The summed E-state index contributed by atoms with van der Waals surface area (Å²) in [5, 5.41) is 3.28. The van der Waals surface area contributed by atoms with Crippen LogP contribution in [0.3, 0.4) is 0 Å². The lowest BCUT2D eigenvalue weighted by atomic mass is 10.1. The van der Waals surface area contributed by atoms with E-state index in [2.05, 4.69) is 10.0 Å². The maximum atomic E-state index is 12.7. The van der Waals surface area contributed by atoms with Crippen molar-refractivity contribution in [2.24, 2.45) is 5.92 Å². The van der Waals surface area contributed by atoms with Crippen molar-refractivity contribution in [3.8, 4) is 5.75 Å². The summed E-state index contributed by atoms with van der Waals surface area (Å²) in [4.78, 5) is 26.8. The van der Waals surface area contributed by atoms with E-state index >= 15 is 0 Å². The molecule has 0 radical (unpaired) electrons. The van der Waals surface area contributed by atoms with Crippen LogP contribution in [0.2, 0.25) is 5.02 Å². The van der Waals surface area contributed by atoms with Gasteiger partial charge in [-0.15, -0.1) is 0 Å². The number of anilines is 1. The summed E-state index contributed by atoms with van der Waals surface area (Å²) in [7, 11) is -0.627. The number of nitrogens with one attached hydrogen (secondary N) is 2. The predicted octanol–water partition coefficient (Wildman–Crippen LogP) is 1.94. The number of amides is 2. The van der Waals surface area contributed by atoms with Crippen LogP contribution in [0.4, 0.5) is 5.69 Å². The van der Waals surface area contributed by atoms with Crippen molar-refractivity contribution < 1.29 is 27.5 Å². The highest BCUT2D eigenvalue weighted by Gasteiger charge is 2.36. The molecule has 3 rings (SSSR count). The van der Waals surface area contributed by atoms with Crippen LogP contribution in [-0.4, -0.2) is 54.1 Å². The second-order valence-corrected chi connectivity index (χ2v) is 9.68. The molecule has 0 bridgehead atoms. The summed E-state index contributed by atoms with van der Waals surface area (Å²) in [6.45, 7) is 0.872. The van der Waals surface area contributed by atoms with Gasteiger partial charge in [-0.2, -0.15) is 0 Å². The standard InChI is InChI=1S/C22H26ClN3O6S/c1-31-10-9-25-33(29,30)18-6-3-15(4-7-18)13-24-22(28)16-11-21(27)26(14-16)19-12-17(23)5-8-20(19)32-2/h3-8,12,16,25H,9-11,13-14H2,1-2H3,(H,24,28). The molecule has 1 heterocycles. The molecule has 2 N–H and O–H groups in total. The van der Waals surface area contributed by atoms with Gasteiger partial charge in [-0.3, -0.25) is 9.59 Å². The number of rotatable bonds is 10. The van der Waals surface area contributed by atoms with E-state index in [1.165, 1.54) is 31.3 Å². The predicted molar refractivity (Wildman–Crippen MR) is 124 cm³/mol. The molecule has 1 fully saturated rings. The number of nitrogens with zero attached hydrogens (tertiary/aromatic N) is 1. The molecule has 1 aliphatic heterocycles. The minimum absolute atomic E-state index is 0.0752. The van der Waals surface area contributed by atoms with Gasteiger partial charge in [-0.05, 0) is 35.9 Å². The Hall–Kier alpha value is -2.66. The van der Waals surface area contributed by atoms with Crippen LogP contribution in [0.5, 0.6) is 5.75 Å². The molecular formula is C22H26ClN3O6S. The van der Waals surface area contributed by atoms with Crippen LogP contribution in [0.1, 0.15) is 12.0 Å². The van der Waals surface area contributed by atoms with Gasteiger partial charge in [0.2, 0.25) is 21.8 Å². The number of carbonyl (C=O) groups excluding carboxylic acids is 2. The van der Waals surface area contributed by atoms with Gasteiger partial charge in [0.05, 0.1) is 30.2 Å². The quantitative estimate of drug-likeness (QED) is 0.487. The Morgan fingerprint density at radius 3 is 2.58 bits per heavy atom. The van der Waals surface area contributed by atoms with Crippen molar-refractivity contribution >= 4 is 39.1 Å². The van der Waals surface area contributed by atoms with Crippen LogP contribution in [0, 0.1) is 5.92 Å². The molecule has 1 aliphatic rings. The molecule has 0 spiro atoms. The van der Waals surface area contributed by atoms with E-state index in [9.17, 15) is 18.0 Å². The average molecular weight is 496 g/mol. The largest absolute Gasteiger partial charge is 0.495 e. The van der Waals surface area contributed by atoms with Gasteiger partial charge >= 0.3 is 0 Å². The van der Waals surface area contributed by atoms with Gasteiger partial charge in [0.25, 0.3) is 0 Å². The van der Waals surface area contributed by atoms with Gasteiger partial charge in [0.15, 0.2) is 0 Å². The molecule has 11 heteroatoms. The summed E-state index contributed by atoms with van der Waals surface area (Å²) in [6.07, 6.45) is 0.0752. The fraction of sp³-hybridized carbons (Fsp3) is 0.364. The minimum Gasteiger partial charge on any atom is -0.495 e. The van der Waals surface area contributed by atoms with Crippen molar-refractivity contribution in [3.63, 3.8) is 0 Å². The normalized spacial score (nSPS) is 16.2. The van der Waals surface area contributed by atoms with E-state index < -0.39 is 15.9 Å². The highest BCUT2D eigenvalue weighted by Crippen LogP contribution is 2.35. The Morgan fingerprint density at radius 2 is 1.91 bits per heavy atom. The smallest absolute Gasteiger partial charge is 0.240 e. The van der Waals surface area contributed by atoms with Crippen LogP contribution < -0.4 is 19.7 Å². The number of carbonyl (C=O) groups is 2. The second-order valence-electron chi connectivity index (χ2n) is 7.47. The van der Waals surface area contributed by atoms with Crippen molar-refractivity contribution in [3.05, 3.63) is 53.1 Å². The van der Waals surface area contributed by atoms with E-state index in [-0.39, 0.29) is 49.4 Å². The number of ether oxygens (including phenoxy) is 2. The summed E-state index contributed by atoms with van der Waals surface area (Å²) in [5.74, 6) is -0.470. The first-order valence-electron chi connectivity index (χ1n) is 10.2. The summed E-state index contributed by atoms with van der Waals surface area (Å²) in [5.41, 5.74) is 1.26. The van der Waals surface area contributed by atoms with Gasteiger partial charge < -0.3 is 19.7 Å². The molecule has 0 aliphatic carbocycles. The molecule has 178 valence electrons. The minimum atomic E-state index is -3.62. The molecule has 33 heavy (non-hydrogen) atoms. The maximum absolute atomic E-state index is 12.7. The Kier molecular flexibility index (Phi) is 8.30. The summed E-state index contributed by atoms with van der Waals surface area (Å²) in [6, 6.07) is 11.2. The Labute approximate surface area is 198 Å². The molecular weight excluding hydrogens is 470 g/mol. The lowest BCUT2D eigenvalue weighted by Gasteiger charge is -2.20. The van der Waals surface area contributed by atoms with Crippen LogP contribution in [0.15, 0.2) is 47.4 Å². The van der Waals surface area contributed by atoms with Crippen molar-refractivity contribution in [2.45, 2.75) is 17.9 Å². The molecule has 1 saturated heterocycles. The Morgan fingerprint density at radius 1 is 1.18 bits per heavy atom. The van der Waals surface area contributed by atoms with E-state index in [1.54, 1.807) is 30.3 Å². The lowest BCUT2D eigenvalue weighted by Crippen LogP contribution is -2.32. The monoisotopic (exact) mass is 495 g/mol. The van der Waals surface area contributed by atoms with Gasteiger partial charge in [0.1, 0.15) is 5.75 Å². The molecule has 2 amide bonds. The Bertz CT molecular complexity index is 1110. The zero-order valence-electron chi connectivity index (χ0n) is 18.3. The third-order valence-electron chi connectivity index (χ3n) is 5.23. The number of halogens is 1. The molecule has 2 aromatic carbocycles.